The molecule has 2 rings (SSSR count). The van der Waals surface area contributed by atoms with Crippen LogP contribution in [0.2, 0.25) is 0 Å². The molecular formula is C11H11F3N2O2. The van der Waals surface area contributed by atoms with Gasteiger partial charge in [-0.25, -0.2) is 4.99 Å². The number of hydrogen-bond donors (Lipinski definition) is 1. The molecule has 18 heavy (non-hydrogen) atoms. The van der Waals surface area contributed by atoms with E-state index in [-0.39, 0.29) is 24.5 Å². The van der Waals surface area contributed by atoms with Crippen molar-refractivity contribution in [2.24, 2.45) is 10.7 Å². The molecule has 0 saturated carbocycles. The Morgan fingerprint density at radius 3 is 2.83 bits per heavy atom. The summed E-state index contributed by atoms with van der Waals surface area (Å²) in [6.07, 6.45) is -4.73. The Morgan fingerprint density at radius 2 is 2.22 bits per heavy atom. The molecule has 0 saturated heterocycles. The minimum atomic E-state index is -4.38. The van der Waals surface area contributed by atoms with Gasteiger partial charge in [0.2, 0.25) is 0 Å². The molecule has 1 heterocycles. The second-order valence-electron chi connectivity index (χ2n) is 3.76. The minimum absolute atomic E-state index is 0.0765. The van der Waals surface area contributed by atoms with Gasteiger partial charge in [-0.3, -0.25) is 0 Å². The lowest BCUT2D eigenvalue weighted by Gasteiger charge is -2.13. The summed E-state index contributed by atoms with van der Waals surface area (Å²) in [5.41, 5.74) is 4.55. The molecule has 7 heteroatoms. The molecule has 0 fully saturated rings. The fourth-order valence-electron chi connectivity index (χ4n) is 1.48. The molecule has 1 aromatic rings. The van der Waals surface area contributed by atoms with Crippen molar-refractivity contribution >= 4 is 6.02 Å². The normalized spacial score (nSPS) is 19.3. The monoisotopic (exact) mass is 260 g/mol. The topological polar surface area (TPSA) is 56.8 Å². The highest BCUT2D eigenvalue weighted by molar-refractivity contribution is 5.73. The average molecular weight is 260 g/mol. The van der Waals surface area contributed by atoms with Crippen LogP contribution in [0.5, 0.6) is 5.75 Å². The van der Waals surface area contributed by atoms with Crippen molar-refractivity contribution in [2.75, 3.05) is 13.2 Å². The summed E-state index contributed by atoms with van der Waals surface area (Å²) in [4.78, 5) is 3.80. The van der Waals surface area contributed by atoms with Crippen LogP contribution >= 0.6 is 0 Å². The van der Waals surface area contributed by atoms with E-state index in [1.807, 2.05) is 0 Å². The third-order valence-electron chi connectivity index (χ3n) is 2.34. The van der Waals surface area contributed by atoms with Crippen LogP contribution in [0.3, 0.4) is 0 Å². The zero-order valence-corrected chi connectivity index (χ0v) is 9.28. The van der Waals surface area contributed by atoms with Crippen LogP contribution in [-0.2, 0) is 10.9 Å². The molecule has 0 radical (unpaired) electrons. The summed E-state index contributed by atoms with van der Waals surface area (Å²) < 4.78 is 47.6. The standard InChI is InChI=1S/C11H11F3N2O2/c12-11(13,14)7-2-1-3-8(4-7)17-6-9-5-16-10(15)18-9/h1-4,9H,5-6H2,(H2,15,16). The van der Waals surface area contributed by atoms with Gasteiger partial charge in [0.15, 0.2) is 6.10 Å². The molecule has 4 nitrogen and oxygen atoms in total. The van der Waals surface area contributed by atoms with Crippen molar-refractivity contribution in [2.45, 2.75) is 12.3 Å². The zero-order valence-electron chi connectivity index (χ0n) is 9.28. The van der Waals surface area contributed by atoms with Gasteiger partial charge < -0.3 is 15.2 Å². The van der Waals surface area contributed by atoms with E-state index in [1.165, 1.54) is 12.1 Å². The Balaban J connectivity index is 1.94. The number of nitrogens with zero attached hydrogens (tertiary/aromatic N) is 1. The Bertz CT molecular complexity index is 460. The lowest BCUT2D eigenvalue weighted by atomic mass is 10.2. The highest BCUT2D eigenvalue weighted by Crippen LogP contribution is 2.31. The first-order valence-electron chi connectivity index (χ1n) is 5.22. The first-order valence-corrected chi connectivity index (χ1v) is 5.22. The fourth-order valence-corrected chi connectivity index (χ4v) is 1.48. The van der Waals surface area contributed by atoms with Gasteiger partial charge in [0.25, 0.3) is 6.02 Å². The van der Waals surface area contributed by atoms with Gasteiger partial charge in [-0.1, -0.05) is 6.07 Å². The Labute approximate surface area is 101 Å². The molecule has 1 aromatic carbocycles. The molecular weight excluding hydrogens is 249 g/mol. The molecule has 1 unspecified atom stereocenters. The maximum atomic E-state index is 12.4. The van der Waals surface area contributed by atoms with Crippen molar-refractivity contribution in [1.29, 1.82) is 0 Å². The third-order valence-corrected chi connectivity index (χ3v) is 2.34. The van der Waals surface area contributed by atoms with Crippen molar-refractivity contribution in [3.05, 3.63) is 29.8 Å². The highest BCUT2D eigenvalue weighted by atomic mass is 19.4. The van der Waals surface area contributed by atoms with Crippen LogP contribution in [0, 0.1) is 0 Å². The van der Waals surface area contributed by atoms with Crippen LogP contribution in [0.25, 0.3) is 0 Å². The molecule has 0 aliphatic carbocycles. The van der Waals surface area contributed by atoms with Gasteiger partial charge in [-0.05, 0) is 18.2 Å². The van der Waals surface area contributed by atoms with Crippen LogP contribution in [-0.4, -0.2) is 25.3 Å². The van der Waals surface area contributed by atoms with E-state index in [0.717, 1.165) is 12.1 Å². The second kappa shape index (κ2) is 4.75. The molecule has 0 aromatic heterocycles. The van der Waals surface area contributed by atoms with Crippen LogP contribution < -0.4 is 10.5 Å². The molecule has 0 spiro atoms. The Hall–Kier alpha value is -1.92. The van der Waals surface area contributed by atoms with Crippen LogP contribution in [0.4, 0.5) is 13.2 Å². The average Bonchev–Trinajstić information content (AvgIpc) is 2.72. The number of benzene rings is 1. The predicted octanol–water partition coefficient (Wildman–Crippen LogP) is 1.80. The maximum Gasteiger partial charge on any atom is 0.416 e. The van der Waals surface area contributed by atoms with E-state index in [9.17, 15) is 13.2 Å². The smallest absolute Gasteiger partial charge is 0.416 e. The fraction of sp³-hybridized carbons (Fsp3) is 0.364. The zero-order chi connectivity index (χ0) is 13.2. The van der Waals surface area contributed by atoms with Crippen LogP contribution in [0.1, 0.15) is 5.56 Å². The minimum Gasteiger partial charge on any atom is -0.490 e. The second-order valence-corrected chi connectivity index (χ2v) is 3.76. The van der Waals surface area contributed by atoms with Crippen LogP contribution in [0.15, 0.2) is 29.3 Å². The summed E-state index contributed by atoms with van der Waals surface area (Å²) in [5.74, 6) is 0.138. The SMILES string of the molecule is NC1=NCC(COc2cccc(C(F)(F)F)c2)O1. The van der Waals surface area contributed by atoms with Gasteiger partial charge in [0.1, 0.15) is 12.4 Å². The molecule has 2 N–H and O–H groups in total. The van der Waals surface area contributed by atoms with Gasteiger partial charge >= 0.3 is 6.18 Å². The summed E-state index contributed by atoms with van der Waals surface area (Å²) in [6.45, 7) is 0.455. The first kappa shape index (κ1) is 12.5. The maximum absolute atomic E-state index is 12.4. The van der Waals surface area contributed by atoms with E-state index >= 15 is 0 Å². The third kappa shape index (κ3) is 3.06. The van der Waals surface area contributed by atoms with Gasteiger partial charge in [0, 0.05) is 0 Å². The highest BCUT2D eigenvalue weighted by Gasteiger charge is 2.30. The summed E-state index contributed by atoms with van der Waals surface area (Å²) in [7, 11) is 0. The number of halogens is 3. The predicted molar refractivity (Wildman–Crippen MR) is 58.3 cm³/mol. The largest absolute Gasteiger partial charge is 0.490 e. The van der Waals surface area contributed by atoms with Gasteiger partial charge in [-0.15, -0.1) is 0 Å². The lowest BCUT2D eigenvalue weighted by molar-refractivity contribution is -0.137. The van der Waals surface area contributed by atoms with Crippen molar-refractivity contribution in [1.82, 2.24) is 0 Å². The number of hydrogen-bond acceptors (Lipinski definition) is 4. The number of nitrogens with two attached hydrogens (primary N) is 1. The molecule has 1 atom stereocenters. The summed E-state index contributed by atoms with van der Waals surface area (Å²) in [6, 6.07) is 4.75. The molecule has 1 aliphatic rings. The van der Waals surface area contributed by atoms with E-state index in [0.29, 0.717) is 6.54 Å². The lowest BCUT2D eigenvalue weighted by Crippen LogP contribution is -2.24. The van der Waals surface area contributed by atoms with Crippen molar-refractivity contribution in [3.8, 4) is 5.75 Å². The van der Waals surface area contributed by atoms with Crippen molar-refractivity contribution < 1.29 is 22.6 Å². The number of rotatable bonds is 3. The first-order chi connectivity index (χ1) is 8.45. The number of ether oxygens (including phenoxy) is 2. The quantitative estimate of drug-likeness (QED) is 0.901. The van der Waals surface area contributed by atoms with E-state index in [2.05, 4.69) is 4.99 Å². The van der Waals surface area contributed by atoms with E-state index in [4.69, 9.17) is 15.2 Å². The van der Waals surface area contributed by atoms with E-state index < -0.39 is 11.7 Å². The summed E-state index contributed by atoms with van der Waals surface area (Å²) in [5, 5.41) is 0. The number of amidine groups is 1. The number of aliphatic imine (C=N–C) groups is 1. The Morgan fingerprint density at radius 1 is 1.44 bits per heavy atom. The molecule has 0 bridgehead atoms. The van der Waals surface area contributed by atoms with Crippen molar-refractivity contribution in [3.63, 3.8) is 0 Å². The Kier molecular flexibility index (Phi) is 3.31. The number of alkyl halides is 3. The van der Waals surface area contributed by atoms with Gasteiger partial charge in [-0.2, -0.15) is 13.2 Å². The van der Waals surface area contributed by atoms with E-state index in [1.54, 1.807) is 0 Å². The molecule has 1 aliphatic heterocycles. The summed E-state index contributed by atoms with van der Waals surface area (Å²) >= 11 is 0. The molecule has 98 valence electrons. The molecule has 0 amide bonds. The van der Waals surface area contributed by atoms with Gasteiger partial charge in [0.05, 0.1) is 12.1 Å².